The number of hydrogen-bond acceptors (Lipinski definition) is 3. The van der Waals surface area contributed by atoms with Crippen LogP contribution < -0.4 is 0 Å². The molecule has 0 spiro atoms. The Hall–Kier alpha value is -0.390. The molecule has 0 aliphatic heterocycles. The van der Waals surface area contributed by atoms with E-state index in [1.807, 2.05) is 12.1 Å². The first-order valence-corrected chi connectivity index (χ1v) is 7.36. The van der Waals surface area contributed by atoms with Crippen molar-refractivity contribution in [1.82, 2.24) is 4.90 Å². The molecule has 2 unspecified atom stereocenters. The molecule has 3 nitrogen and oxygen atoms in total. The molecule has 1 amide bonds. The van der Waals surface area contributed by atoms with Crippen molar-refractivity contribution >= 4 is 33.2 Å². The molecule has 0 aromatic carbocycles. The van der Waals surface area contributed by atoms with Gasteiger partial charge < -0.3 is 10.0 Å². The van der Waals surface area contributed by atoms with Gasteiger partial charge in [-0.25, -0.2) is 0 Å². The Morgan fingerprint density at radius 1 is 1.59 bits per heavy atom. The molecule has 5 heteroatoms. The fraction of sp³-hybridized carbons (Fsp3) is 0.583. The van der Waals surface area contributed by atoms with Gasteiger partial charge in [0.05, 0.1) is 22.4 Å². The van der Waals surface area contributed by atoms with E-state index >= 15 is 0 Å². The van der Waals surface area contributed by atoms with E-state index in [1.54, 1.807) is 23.3 Å². The molecule has 0 saturated heterocycles. The highest BCUT2D eigenvalue weighted by Crippen LogP contribution is 2.28. The Labute approximate surface area is 114 Å². The third-order valence-corrected chi connectivity index (χ3v) is 4.80. The molecule has 1 saturated carbocycles. The third-order valence-electron chi connectivity index (χ3n) is 3.19. The first-order chi connectivity index (χ1) is 8.08. The second-order valence-corrected chi connectivity index (χ2v) is 7.05. The molecular weight excluding hydrogens is 302 g/mol. The lowest BCUT2D eigenvalue weighted by molar-refractivity contribution is -0.137. The van der Waals surface area contributed by atoms with Crippen LogP contribution in [0.4, 0.5) is 0 Å². The van der Waals surface area contributed by atoms with Gasteiger partial charge in [0.1, 0.15) is 0 Å². The normalized spacial score (nSPS) is 23.9. The van der Waals surface area contributed by atoms with E-state index < -0.39 is 6.10 Å². The molecule has 1 aromatic heterocycles. The Morgan fingerprint density at radius 2 is 2.35 bits per heavy atom. The fourth-order valence-electron chi connectivity index (χ4n) is 2.26. The minimum Gasteiger partial charge on any atom is -0.392 e. The first kappa shape index (κ1) is 13.1. The maximum absolute atomic E-state index is 12.1. The number of halogens is 1. The standard InChI is InChI=1S/C12H16BrNO2S/c1-14(7-8-5-6-11(13)17-8)12(16)9-3-2-4-10(9)15/h5-6,9-10,15H,2-4,7H2,1H3. The molecule has 0 radical (unpaired) electrons. The molecule has 1 N–H and O–H groups in total. The van der Waals surface area contributed by atoms with Crippen molar-refractivity contribution in [3.8, 4) is 0 Å². The zero-order valence-electron chi connectivity index (χ0n) is 9.73. The van der Waals surface area contributed by atoms with E-state index in [-0.39, 0.29) is 11.8 Å². The lowest BCUT2D eigenvalue weighted by Crippen LogP contribution is -2.35. The summed E-state index contributed by atoms with van der Waals surface area (Å²) in [6.07, 6.45) is 2.09. The summed E-state index contributed by atoms with van der Waals surface area (Å²) in [5.41, 5.74) is 0. The van der Waals surface area contributed by atoms with Gasteiger partial charge in [0.2, 0.25) is 5.91 Å². The van der Waals surface area contributed by atoms with E-state index in [0.717, 1.165) is 27.9 Å². The fourth-order valence-corrected chi connectivity index (χ4v) is 3.80. The summed E-state index contributed by atoms with van der Waals surface area (Å²) in [7, 11) is 1.81. The summed E-state index contributed by atoms with van der Waals surface area (Å²) in [4.78, 5) is 15.0. The zero-order valence-corrected chi connectivity index (χ0v) is 12.1. The molecule has 17 heavy (non-hydrogen) atoms. The van der Waals surface area contributed by atoms with Crippen LogP contribution in [0.25, 0.3) is 0 Å². The van der Waals surface area contributed by atoms with Crippen molar-refractivity contribution in [2.75, 3.05) is 7.05 Å². The SMILES string of the molecule is CN(Cc1ccc(Br)s1)C(=O)C1CCCC1O. The van der Waals surface area contributed by atoms with Crippen LogP contribution in [-0.4, -0.2) is 29.1 Å². The topological polar surface area (TPSA) is 40.5 Å². The summed E-state index contributed by atoms with van der Waals surface area (Å²) in [6, 6.07) is 4.01. The number of nitrogens with zero attached hydrogens (tertiary/aromatic N) is 1. The maximum Gasteiger partial charge on any atom is 0.228 e. The van der Waals surface area contributed by atoms with Crippen molar-refractivity contribution in [1.29, 1.82) is 0 Å². The van der Waals surface area contributed by atoms with Gasteiger partial charge in [-0.2, -0.15) is 0 Å². The van der Waals surface area contributed by atoms with Gasteiger partial charge in [0.25, 0.3) is 0 Å². The molecule has 1 aliphatic rings. The molecule has 2 atom stereocenters. The van der Waals surface area contributed by atoms with E-state index in [1.165, 1.54) is 0 Å². The highest BCUT2D eigenvalue weighted by Gasteiger charge is 2.33. The van der Waals surface area contributed by atoms with E-state index in [9.17, 15) is 9.90 Å². The number of thiophene rings is 1. The number of carbonyl (C=O) groups is 1. The van der Waals surface area contributed by atoms with Crippen molar-refractivity contribution < 1.29 is 9.90 Å². The Bertz CT molecular complexity index is 407. The number of rotatable bonds is 3. The van der Waals surface area contributed by atoms with Gasteiger partial charge in [-0.15, -0.1) is 11.3 Å². The average molecular weight is 318 g/mol. The predicted octanol–water partition coefficient (Wildman–Crippen LogP) is 2.63. The van der Waals surface area contributed by atoms with Crippen LogP contribution in [0, 0.1) is 5.92 Å². The summed E-state index contributed by atoms with van der Waals surface area (Å²) in [5.74, 6) is -0.122. The second kappa shape index (κ2) is 5.50. The van der Waals surface area contributed by atoms with Crippen LogP contribution in [0.2, 0.25) is 0 Å². The average Bonchev–Trinajstić information content (AvgIpc) is 2.86. The van der Waals surface area contributed by atoms with E-state index in [4.69, 9.17) is 0 Å². The van der Waals surface area contributed by atoms with Crippen LogP contribution in [0.5, 0.6) is 0 Å². The van der Waals surface area contributed by atoms with Crippen LogP contribution in [-0.2, 0) is 11.3 Å². The monoisotopic (exact) mass is 317 g/mol. The highest BCUT2D eigenvalue weighted by molar-refractivity contribution is 9.11. The van der Waals surface area contributed by atoms with E-state index in [2.05, 4.69) is 15.9 Å². The number of carbonyl (C=O) groups excluding carboxylic acids is 1. The van der Waals surface area contributed by atoms with Crippen LogP contribution in [0.15, 0.2) is 15.9 Å². The van der Waals surface area contributed by atoms with E-state index in [0.29, 0.717) is 6.54 Å². The van der Waals surface area contributed by atoms with Gasteiger partial charge in [-0.05, 0) is 47.3 Å². The molecule has 94 valence electrons. The minimum absolute atomic E-state index is 0.0690. The van der Waals surface area contributed by atoms with Crippen molar-refractivity contribution in [2.45, 2.75) is 31.9 Å². The van der Waals surface area contributed by atoms with Gasteiger partial charge in [-0.3, -0.25) is 4.79 Å². The number of hydrogen-bond donors (Lipinski definition) is 1. The number of aliphatic hydroxyl groups is 1. The van der Waals surface area contributed by atoms with Gasteiger partial charge in [0.15, 0.2) is 0 Å². The molecule has 1 aliphatic carbocycles. The quantitative estimate of drug-likeness (QED) is 0.931. The van der Waals surface area contributed by atoms with Crippen molar-refractivity contribution in [2.24, 2.45) is 5.92 Å². The molecule has 1 heterocycles. The van der Waals surface area contributed by atoms with Gasteiger partial charge >= 0.3 is 0 Å². The van der Waals surface area contributed by atoms with Gasteiger partial charge in [-0.1, -0.05) is 0 Å². The molecular formula is C12H16BrNO2S. The maximum atomic E-state index is 12.1. The zero-order chi connectivity index (χ0) is 12.4. The minimum atomic E-state index is -0.444. The van der Waals surface area contributed by atoms with Crippen molar-refractivity contribution in [3.63, 3.8) is 0 Å². The molecule has 1 aromatic rings. The lowest BCUT2D eigenvalue weighted by Gasteiger charge is -2.22. The molecule has 0 bridgehead atoms. The van der Waals surface area contributed by atoms with Crippen LogP contribution in [0.3, 0.4) is 0 Å². The summed E-state index contributed by atoms with van der Waals surface area (Å²) < 4.78 is 1.08. The van der Waals surface area contributed by atoms with Crippen LogP contribution in [0.1, 0.15) is 24.1 Å². The first-order valence-electron chi connectivity index (χ1n) is 5.75. The molecule has 1 fully saturated rings. The Kier molecular flexibility index (Phi) is 4.22. The largest absolute Gasteiger partial charge is 0.392 e. The number of amides is 1. The smallest absolute Gasteiger partial charge is 0.228 e. The summed E-state index contributed by atoms with van der Waals surface area (Å²) >= 11 is 5.05. The second-order valence-electron chi connectivity index (χ2n) is 4.50. The third kappa shape index (κ3) is 3.09. The van der Waals surface area contributed by atoms with Crippen molar-refractivity contribution in [3.05, 3.63) is 20.8 Å². The Morgan fingerprint density at radius 3 is 2.88 bits per heavy atom. The Balaban J connectivity index is 1.95. The highest BCUT2D eigenvalue weighted by atomic mass is 79.9. The number of aliphatic hydroxyl groups excluding tert-OH is 1. The summed E-state index contributed by atoms with van der Waals surface area (Å²) in [5, 5.41) is 9.73. The predicted molar refractivity (Wildman–Crippen MR) is 71.8 cm³/mol. The van der Waals surface area contributed by atoms with Gasteiger partial charge in [0, 0.05) is 11.9 Å². The lowest BCUT2D eigenvalue weighted by atomic mass is 10.0. The molecule has 2 rings (SSSR count). The van der Waals surface area contributed by atoms with Crippen LogP contribution >= 0.6 is 27.3 Å². The summed E-state index contributed by atoms with van der Waals surface area (Å²) in [6.45, 7) is 0.623.